The molecule has 1 unspecified atom stereocenters. The van der Waals surface area contributed by atoms with Crippen molar-refractivity contribution >= 4 is 34.0 Å². The first-order valence-electron chi connectivity index (χ1n) is 9.63. The van der Waals surface area contributed by atoms with Crippen molar-refractivity contribution < 1.29 is 4.79 Å². The summed E-state index contributed by atoms with van der Waals surface area (Å²) in [6.07, 6.45) is 12.0. The Morgan fingerprint density at radius 1 is 1.38 bits per heavy atom. The van der Waals surface area contributed by atoms with Crippen LogP contribution in [0.3, 0.4) is 0 Å². The minimum Gasteiger partial charge on any atom is -0.347 e. The second-order valence-corrected chi connectivity index (χ2v) is 7.21. The predicted octanol–water partition coefficient (Wildman–Crippen LogP) is 3.62. The summed E-state index contributed by atoms with van der Waals surface area (Å²) < 4.78 is 1.60. The fourth-order valence-electron chi connectivity index (χ4n) is 3.33. The number of amides is 1. The fraction of sp³-hybridized carbons (Fsp3) is 0.286. The third kappa shape index (κ3) is 4.31. The van der Waals surface area contributed by atoms with Crippen molar-refractivity contribution in [1.29, 1.82) is 0 Å². The summed E-state index contributed by atoms with van der Waals surface area (Å²) in [4.78, 5) is 25.8. The highest BCUT2D eigenvalue weighted by Crippen LogP contribution is 2.28. The second kappa shape index (κ2) is 8.22. The number of allylic oxidation sites excluding steroid dienone is 2. The lowest BCUT2D eigenvalue weighted by molar-refractivity contribution is -0.116. The van der Waals surface area contributed by atoms with Gasteiger partial charge in [-0.3, -0.25) is 4.79 Å². The van der Waals surface area contributed by atoms with E-state index in [1.807, 2.05) is 0 Å². The molecule has 3 aromatic rings. The lowest BCUT2D eigenvalue weighted by Crippen LogP contribution is -2.20. The quantitative estimate of drug-likeness (QED) is 0.668. The van der Waals surface area contributed by atoms with Crippen LogP contribution in [0.5, 0.6) is 0 Å². The van der Waals surface area contributed by atoms with Crippen LogP contribution in [0.25, 0.3) is 16.6 Å². The fourth-order valence-corrected chi connectivity index (χ4v) is 3.33. The van der Waals surface area contributed by atoms with E-state index in [-0.39, 0.29) is 12.5 Å². The SMILES string of the molecule is C=CNc1cc(NC(=O)Cn2ncc3cnc(C4=CCC(C)CC4)nc32)ccn1. The van der Waals surface area contributed by atoms with Crippen LogP contribution in [0.1, 0.15) is 32.0 Å². The van der Waals surface area contributed by atoms with Crippen molar-refractivity contribution in [2.75, 3.05) is 10.6 Å². The van der Waals surface area contributed by atoms with Crippen molar-refractivity contribution in [3.63, 3.8) is 0 Å². The number of anilines is 2. The van der Waals surface area contributed by atoms with Gasteiger partial charge in [0.15, 0.2) is 11.5 Å². The predicted molar refractivity (Wildman–Crippen MR) is 113 cm³/mol. The summed E-state index contributed by atoms with van der Waals surface area (Å²) in [5.74, 6) is 1.83. The molecule has 1 atom stereocenters. The minimum atomic E-state index is -0.198. The van der Waals surface area contributed by atoms with E-state index in [9.17, 15) is 4.79 Å². The zero-order chi connectivity index (χ0) is 20.2. The maximum absolute atomic E-state index is 12.5. The van der Waals surface area contributed by atoms with E-state index in [2.05, 4.69) is 45.3 Å². The van der Waals surface area contributed by atoms with Gasteiger partial charge in [-0.05, 0) is 43.0 Å². The van der Waals surface area contributed by atoms with Crippen LogP contribution < -0.4 is 10.6 Å². The van der Waals surface area contributed by atoms with Crippen molar-refractivity contribution in [2.45, 2.75) is 32.7 Å². The average molecular weight is 389 g/mol. The number of hydrogen-bond donors (Lipinski definition) is 2. The standard InChI is InChI=1S/C21H23N7O/c1-3-22-18-10-17(8-9-23-18)26-19(29)13-28-21-16(12-25-28)11-24-20(27-21)15-6-4-14(2)5-7-15/h3,6,8-12,14H,1,4-5,7,13H2,2H3,(H2,22,23,26,29). The molecule has 29 heavy (non-hydrogen) atoms. The lowest BCUT2D eigenvalue weighted by Gasteiger charge is -2.17. The van der Waals surface area contributed by atoms with Gasteiger partial charge in [-0.25, -0.2) is 19.6 Å². The smallest absolute Gasteiger partial charge is 0.246 e. The van der Waals surface area contributed by atoms with Crippen LogP contribution in [0.15, 0.2) is 49.6 Å². The van der Waals surface area contributed by atoms with E-state index >= 15 is 0 Å². The maximum Gasteiger partial charge on any atom is 0.246 e. The highest BCUT2D eigenvalue weighted by molar-refractivity contribution is 5.91. The highest BCUT2D eigenvalue weighted by atomic mass is 16.2. The number of aromatic nitrogens is 5. The Bertz CT molecular complexity index is 1090. The van der Waals surface area contributed by atoms with Crippen molar-refractivity contribution in [1.82, 2.24) is 24.7 Å². The van der Waals surface area contributed by atoms with E-state index in [0.717, 1.165) is 30.5 Å². The Balaban J connectivity index is 1.52. The Labute approximate surface area is 168 Å². The molecule has 8 nitrogen and oxygen atoms in total. The van der Waals surface area contributed by atoms with Gasteiger partial charge in [-0.15, -0.1) is 0 Å². The van der Waals surface area contributed by atoms with Crippen LogP contribution in [-0.4, -0.2) is 30.6 Å². The number of pyridine rings is 1. The normalized spacial score (nSPS) is 16.3. The number of fused-ring (bicyclic) bond motifs is 1. The van der Waals surface area contributed by atoms with E-state index in [1.54, 1.807) is 35.4 Å². The highest BCUT2D eigenvalue weighted by Gasteiger charge is 2.16. The molecule has 1 aliphatic carbocycles. The molecule has 0 aliphatic heterocycles. The van der Waals surface area contributed by atoms with Crippen molar-refractivity contribution in [3.8, 4) is 0 Å². The monoisotopic (exact) mass is 389 g/mol. The molecule has 8 heteroatoms. The van der Waals surface area contributed by atoms with Gasteiger partial charge < -0.3 is 10.6 Å². The van der Waals surface area contributed by atoms with E-state index < -0.39 is 0 Å². The van der Waals surface area contributed by atoms with Gasteiger partial charge >= 0.3 is 0 Å². The van der Waals surface area contributed by atoms with E-state index in [1.165, 1.54) is 11.8 Å². The number of carbonyl (C=O) groups excluding carboxylic acids is 1. The average Bonchev–Trinajstić information content (AvgIpc) is 3.11. The Hall–Kier alpha value is -3.55. The molecule has 0 radical (unpaired) electrons. The van der Waals surface area contributed by atoms with Crippen LogP contribution in [0.2, 0.25) is 0 Å². The first kappa shape index (κ1) is 18.8. The number of nitrogens with zero attached hydrogens (tertiary/aromatic N) is 5. The van der Waals surface area contributed by atoms with Gasteiger partial charge in [0.25, 0.3) is 0 Å². The summed E-state index contributed by atoms with van der Waals surface area (Å²) in [5.41, 5.74) is 2.47. The molecule has 0 saturated heterocycles. The van der Waals surface area contributed by atoms with Gasteiger partial charge in [-0.2, -0.15) is 5.10 Å². The number of hydrogen-bond acceptors (Lipinski definition) is 6. The molecule has 3 heterocycles. The first-order valence-corrected chi connectivity index (χ1v) is 9.63. The molecular weight excluding hydrogens is 366 g/mol. The van der Waals surface area contributed by atoms with Crippen LogP contribution in [0.4, 0.5) is 11.5 Å². The molecule has 3 aromatic heterocycles. The Kier molecular flexibility index (Phi) is 5.33. The van der Waals surface area contributed by atoms with Gasteiger partial charge in [0.05, 0.1) is 11.6 Å². The summed E-state index contributed by atoms with van der Waals surface area (Å²) in [5, 5.41) is 10.9. The number of rotatable bonds is 6. The molecule has 0 aromatic carbocycles. The van der Waals surface area contributed by atoms with Gasteiger partial charge in [0.1, 0.15) is 12.4 Å². The Morgan fingerprint density at radius 2 is 2.28 bits per heavy atom. The first-order chi connectivity index (χ1) is 14.1. The largest absolute Gasteiger partial charge is 0.347 e. The lowest BCUT2D eigenvalue weighted by atomic mass is 9.91. The van der Waals surface area contributed by atoms with Crippen LogP contribution in [-0.2, 0) is 11.3 Å². The molecule has 0 fully saturated rings. The second-order valence-electron chi connectivity index (χ2n) is 7.21. The van der Waals surface area contributed by atoms with E-state index in [4.69, 9.17) is 4.98 Å². The summed E-state index contributed by atoms with van der Waals surface area (Å²) >= 11 is 0. The molecule has 0 bridgehead atoms. The zero-order valence-electron chi connectivity index (χ0n) is 16.3. The van der Waals surface area contributed by atoms with Crippen LogP contribution in [0, 0.1) is 5.92 Å². The van der Waals surface area contributed by atoms with Crippen molar-refractivity contribution in [2.24, 2.45) is 5.92 Å². The molecule has 1 aliphatic rings. The molecule has 2 N–H and O–H groups in total. The van der Waals surface area contributed by atoms with Crippen molar-refractivity contribution in [3.05, 3.63) is 55.4 Å². The molecular formula is C21H23N7O. The topological polar surface area (TPSA) is 97.6 Å². The molecule has 0 saturated carbocycles. The summed E-state index contributed by atoms with van der Waals surface area (Å²) in [6, 6.07) is 3.46. The zero-order valence-corrected chi connectivity index (χ0v) is 16.3. The van der Waals surface area contributed by atoms with Gasteiger partial charge in [0.2, 0.25) is 5.91 Å². The molecule has 148 valence electrons. The van der Waals surface area contributed by atoms with Gasteiger partial charge in [0, 0.05) is 24.1 Å². The Morgan fingerprint density at radius 3 is 3.07 bits per heavy atom. The third-order valence-corrected chi connectivity index (χ3v) is 4.92. The van der Waals surface area contributed by atoms with E-state index in [0.29, 0.717) is 23.1 Å². The number of nitrogens with one attached hydrogen (secondary N) is 2. The third-order valence-electron chi connectivity index (χ3n) is 4.92. The maximum atomic E-state index is 12.5. The van der Waals surface area contributed by atoms with Crippen LogP contribution >= 0.6 is 0 Å². The summed E-state index contributed by atoms with van der Waals surface area (Å²) in [7, 11) is 0. The minimum absolute atomic E-state index is 0.0581. The molecule has 0 spiro atoms. The molecule has 4 rings (SSSR count). The van der Waals surface area contributed by atoms with Gasteiger partial charge in [-0.1, -0.05) is 19.6 Å². The molecule has 1 amide bonds. The summed E-state index contributed by atoms with van der Waals surface area (Å²) in [6.45, 7) is 5.92. The number of carbonyl (C=O) groups is 1.